The smallest absolute Gasteiger partial charge is 0.349 e. The molecule has 0 bridgehead atoms. The molecule has 1 aromatic heterocycles. The van der Waals surface area contributed by atoms with Crippen LogP contribution in [0.5, 0.6) is 0 Å². The first kappa shape index (κ1) is 18.6. The lowest BCUT2D eigenvalue weighted by molar-refractivity contribution is -0.139. The molecule has 0 N–H and O–H groups in total. The molecule has 1 aliphatic carbocycles. The zero-order valence-corrected chi connectivity index (χ0v) is 16.2. The molecule has 0 aliphatic heterocycles. The normalized spacial score (nSPS) is 14.8. The van der Waals surface area contributed by atoms with Crippen LogP contribution in [0.25, 0.3) is 0 Å². The fourth-order valence-electron chi connectivity index (χ4n) is 3.28. The second kappa shape index (κ2) is 8.49. The lowest BCUT2D eigenvalue weighted by Gasteiger charge is -2.21. The number of carbonyl (C=O) groups is 2. The van der Waals surface area contributed by atoms with Crippen LogP contribution in [0.2, 0.25) is 0 Å². The molecule has 1 heterocycles. The van der Waals surface area contributed by atoms with Gasteiger partial charge < -0.3 is 9.64 Å². The predicted octanol–water partition coefficient (Wildman–Crippen LogP) is 4.22. The number of aryl methyl sites for hydroxylation is 2. The summed E-state index contributed by atoms with van der Waals surface area (Å²) >= 11 is 1.52. The SMILES string of the molecule is C[C@H](OC(=O)c1cc2c(s1)CCCCC2)C(=O)N(C)Cc1ccccc1. The first-order chi connectivity index (χ1) is 12.5. The summed E-state index contributed by atoms with van der Waals surface area (Å²) in [5.41, 5.74) is 2.32. The first-order valence-corrected chi connectivity index (χ1v) is 9.97. The number of esters is 1. The van der Waals surface area contributed by atoms with Crippen LogP contribution in [-0.4, -0.2) is 29.9 Å². The molecule has 0 saturated heterocycles. The number of benzene rings is 1. The Hall–Kier alpha value is -2.14. The summed E-state index contributed by atoms with van der Waals surface area (Å²) in [5, 5.41) is 0. The molecule has 1 aromatic carbocycles. The van der Waals surface area contributed by atoms with E-state index in [4.69, 9.17) is 4.74 Å². The molecule has 26 heavy (non-hydrogen) atoms. The number of hydrogen-bond acceptors (Lipinski definition) is 4. The highest BCUT2D eigenvalue weighted by Crippen LogP contribution is 2.29. The van der Waals surface area contributed by atoms with Crippen molar-refractivity contribution in [3.05, 3.63) is 57.3 Å². The van der Waals surface area contributed by atoms with E-state index in [1.807, 2.05) is 36.4 Å². The van der Waals surface area contributed by atoms with Crippen molar-refractivity contribution in [1.29, 1.82) is 0 Å². The number of fused-ring (bicyclic) bond motifs is 1. The molecule has 138 valence electrons. The predicted molar refractivity (Wildman–Crippen MR) is 103 cm³/mol. The van der Waals surface area contributed by atoms with Gasteiger partial charge in [0.2, 0.25) is 0 Å². The van der Waals surface area contributed by atoms with Gasteiger partial charge in [-0.25, -0.2) is 4.79 Å². The maximum atomic E-state index is 12.5. The van der Waals surface area contributed by atoms with E-state index in [1.165, 1.54) is 41.0 Å². The number of likely N-dealkylation sites (N-methyl/N-ethyl adjacent to an activating group) is 1. The Morgan fingerprint density at radius 1 is 1.15 bits per heavy atom. The highest BCUT2D eigenvalue weighted by Gasteiger charge is 2.24. The Morgan fingerprint density at radius 3 is 2.65 bits per heavy atom. The summed E-state index contributed by atoms with van der Waals surface area (Å²) in [6, 6.07) is 11.7. The molecule has 1 amide bonds. The first-order valence-electron chi connectivity index (χ1n) is 9.16. The zero-order chi connectivity index (χ0) is 18.5. The topological polar surface area (TPSA) is 46.6 Å². The number of thiophene rings is 1. The van der Waals surface area contributed by atoms with E-state index >= 15 is 0 Å². The highest BCUT2D eigenvalue weighted by atomic mass is 32.1. The van der Waals surface area contributed by atoms with Crippen LogP contribution in [0.15, 0.2) is 36.4 Å². The fourth-order valence-corrected chi connectivity index (χ4v) is 4.42. The number of amides is 1. The van der Waals surface area contributed by atoms with Crippen molar-refractivity contribution in [3.8, 4) is 0 Å². The third-order valence-corrected chi connectivity index (χ3v) is 5.94. The van der Waals surface area contributed by atoms with Crippen LogP contribution < -0.4 is 0 Å². The van der Waals surface area contributed by atoms with Crippen LogP contribution in [0.3, 0.4) is 0 Å². The van der Waals surface area contributed by atoms with Crippen molar-refractivity contribution in [2.45, 2.75) is 51.7 Å². The molecule has 0 fully saturated rings. The Labute approximate surface area is 158 Å². The molecular weight excluding hydrogens is 346 g/mol. The number of ether oxygens (including phenoxy) is 1. The Morgan fingerprint density at radius 2 is 1.88 bits per heavy atom. The van der Waals surface area contributed by atoms with Gasteiger partial charge >= 0.3 is 5.97 Å². The summed E-state index contributed by atoms with van der Waals surface area (Å²) < 4.78 is 5.45. The number of nitrogens with zero attached hydrogens (tertiary/aromatic N) is 1. The number of carbonyl (C=O) groups excluding carboxylic acids is 2. The maximum absolute atomic E-state index is 12.5. The summed E-state index contributed by atoms with van der Waals surface area (Å²) in [6.07, 6.45) is 4.90. The summed E-state index contributed by atoms with van der Waals surface area (Å²) in [4.78, 5) is 28.5. The average molecular weight is 372 g/mol. The van der Waals surface area contributed by atoms with E-state index in [0.717, 1.165) is 18.4 Å². The summed E-state index contributed by atoms with van der Waals surface area (Å²) in [7, 11) is 1.73. The van der Waals surface area contributed by atoms with Crippen molar-refractivity contribution in [1.82, 2.24) is 4.90 Å². The second-order valence-corrected chi connectivity index (χ2v) is 7.98. The molecule has 3 rings (SSSR count). The fraction of sp³-hybridized carbons (Fsp3) is 0.429. The second-order valence-electron chi connectivity index (χ2n) is 6.85. The van der Waals surface area contributed by atoms with Crippen molar-refractivity contribution in [3.63, 3.8) is 0 Å². The van der Waals surface area contributed by atoms with Gasteiger partial charge in [0.25, 0.3) is 5.91 Å². The monoisotopic (exact) mass is 371 g/mol. The lowest BCUT2D eigenvalue weighted by atomic mass is 10.1. The lowest BCUT2D eigenvalue weighted by Crippen LogP contribution is -2.37. The van der Waals surface area contributed by atoms with Gasteiger partial charge in [0.15, 0.2) is 6.10 Å². The van der Waals surface area contributed by atoms with Gasteiger partial charge in [-0.1, -0.05) is 36.8 Å². The molecule has 0 spiro atoms. The molecule has 5 heteroatoms. The van der Waals surface area contributed by atoms with Gasteiger partial charge in [0, 0.05) is 18.5 Å². The van der Waals surface area contributed by atoms with Crippen LogP contribution in [0.4, 0.5) is 0 Å². The van der Waals surface area contributed by atoms with E-state index < -0.39 is 12.1 Å². The Kier molecular flexibility index (Phi) is 6.09. The zero-order valence-electron chi connectivity index (χ0n) is 15.4. The minimum Gasteiger partial charge on any atom is -0.448 e. The molecule has 1 atom stereocenters. The van der Waals surface area contributed by atoms with Gasteiger partial charge in [-0.05, 0) is 49.8 Å². The average Bonchev–Trinajstić information content (AvgIpc) is 2.92. The van der Waals surface area contributed by atoms with Crippen molar-refractivity contribution in [2.75, 3.05) is 7.05 Å². The molecule has 0 saturated carbocycles. The van der Waals surface area contributed by atoms with Gasteiger partial charge in [-0.3, -0.25) is 4.79 Å². The quantitative estimate of drug-likeness (QED) is 0.584. The molecule has 0 radical (unpaired) electrons. The van der Waals surface area contributed by atoms with Gasteiger partial charge in [-0.15, -0.1) is 11.3 Å². The molecule has 0 unspecified atom stereocenters. The van der Waals surface area contributed by atoms with Crippen LogP contribution >= 0.6 is 11.3 Å². The van der Waals surface area contributed by atoms with Crippen LogP contribution in [0, 0.1) is 0 Å². The van der Waals surface area contributed by atoms with E-state index in [-0.39, 0.29) is 5.91 Å². The third-order valence-electron chi connectivity index (χ3n) is 4.72. The largest absolute Gasteiger partial charge is 0.448 e. The van der Waals surface area contributed by atoms with Crippen LogP contribution in [-0.2, 0) is 28.9 Å². The van der Waals surface area contributed by atoms with Crippen molar-refractivity contribution >= 4 is 23.2 Å². The van der Waals surface area contributed by atoms with E-state index in [9.17, 15) is 9.59 Å². The van der Waals surface area contributed by atoms with Gasteiger partial charge in [0.05, 0.1) is 0 Å². The molecule has 2 aromatic rings. The summed E-state index contributed by atoms with van der Waals surface area (Å²) in [6.45, 7) is 2.13. The summed E-state index contributed by atoms with van der Waals surface area (Å²) in [5.74, 6) is -0.586. The number of hydrogen-bond donors (Lipinski definition) is 0. The minimum absolute atomic E-state index is 0.194. The molecular formula is C21H25NO3S. The van der Waals surface area contributed by atoms with Crippen LogP contribution in [0.1, 0.15) is 51.9 Å². The van der Waals surface area contributed by atoms with Gasteiger partial charge in [-0.2, -0.15) is 0 Å². The molecule has 1 aliphatic rings. The Bertz CT molecular complexity index is 745. The van der Waals surface area contributed by atoms with E-state index in [2.05, 4.69) is 0 Å². The minimum atomic E-state index is -0.793. The van der Waals surface area contributed by atoms with E-state index in [0.29, 0.717) is 11.4 Å². The van der Waals surface area contributed by atoms with Gasteiger partial charge in [0.1, 0.15) is 4.88 Å². The van der Waals surface area contributed by atoms with Crippen molar-refractivity contribution < 1.29 is 14.3 Å². The standard InChI is InChI=1S/C21H25NO3S/c1-15(20(23)22(2)14-16-9-5-3-6-10-16)25-21(24)19-13-17-11-7-4-8-12-18(17)26-19/h3,5-6,9-10,13,15H,4,7-8,11-12,14H2,1-2H3/t15-/m0/s1. The highest BCUT2D eigenvalue weighted by molar-refractivity contribution is 7.14. The number of rotatable bonds is 5. The molecule has 4 nitrogen and oxygen atoms in total. The van der Waals surface area contributed by atoms with E-state index in [1.54, 1.807) is 18.9 Å². The maximum Gasteiger partial charge on any atom is 0.349 e. The third kappa shape index (κ3) is 4.52. The Balaban J connectivity index is 1.59. The van der Waals surface area contributed by atoms with Crippen molar-refractivity contribution in [2.24, 2.45) is 0 Å².